The number of piperidine rings is 1. The number of benzene rings is 1. The monoisotopic (exact) mass is 292 g/mol. The Kier molecular flexibility index (Phi) is 5.62. The molecular weight excluding hydrogens is 272 g/mol. The first-order valence-electron chi connectivity index (χ1n) is 7.11. The number of nitrogens with zero attached hydrogens (tertiary/aromatic N) is 1. The number of likely N-dealkylation sites (tertiary alicyclic amines) is 1. The second kappa shape index (κ2) is 7.46. The first kappa shape index (κ1) is 15.1. The van der Waals surface area contributed by atoms with Crippen molar-refractivity contribution in [2.75, 3.05) is 25.0 Å². The Hall–Kier alpha value is -1.32. The van der Waals surface area contributed by atoms with E-state index in [4.69, 9.17) is 11.6 Å². The third-order valence-electron chi connectivity index (χ3n) is 3.54. The minimum absolute atomic E-state index is 0.104. The molecule has 1 saturated heterocycles. The Labute approximate surface area is 125 Å². The Morgan fingerprint density at radius 3 is 2.85 bits per heavy atom. The van der Waals surface area contributed by atoms with Crippen molar-refractivity contribution < 1.29 is 4.79 Å². The molecule has 2 rings (SSSR count). The summed E-state index contributed by atoms with van der Waals surface area (Å²) in [5, 5.41) is 3.49. The highest BCUT2D eigenvalue weighted by molar-refractivity contribution is 6.31. The van der Waals surface area contributed by atoms with Gasteiger partial charge in [0.15, 0.2) is 0 Å². The lowest BCUT2D eigenvalue weighted by Gasteiger charge is -2.24. The van der Waals surface area contributed by atoms with Crippen LogP contribution < -0.4 is 5.32 Å². The van der Waals surface area contributed by atoms with Gasteiger partial charge in [-0.05, 0) is 50.6 Å². The summed E-state index contributed by atoms with van der Waals surface area (Å²) in [6.45, 7) is 5.07. The van der Waals surface area contributed by atoms with Gasteiger partial charge in [0, 0.05) is 23.3 Å². The molecule has 4 heteroatoms. The van der Waals surface area contributed by atoms with Crippen LogP contribution in [0.4, 0.5) is 5.69 Å². The van der Waals surface area contributed by atoms with E-state index in [2.05, 4.69) is 10.2 Å². The number of hydrogen-bond acceptors (Lipinski definition) is 2. The molecule has 1 aromatic carbocycles. The number of carbonyl (C=O) groups is 1. The van der Waals surface area contributed by atoms with Crippen molar-refractivity contribution in [1.29, 1.82) is 0 Å². The molecule has 0 spiro atoms. The molecule has 1 aliphatic heterocycles. The lowest BCUT2D eigenvalue weighted by Crippen LogP contribution is -2.29. The molecule has 0 atom stereocenters. The van der Waals surface area contributed by atoms with E-state index in [0.717, 1.165) is 30.9 Å². The molecule has 0 aromatic heterocycles. The van der Waals surface area contributed by atoms with E-state index in [1.165, 1.54) is 19.3 Å². The van der Waals surface area contributed by atoms with Crippen LogP contribution in [0.15, 0.2) is 30.4 Å². The van der Waals surface area contributed by atoms with E-state index in [1.54, 1.807) is 12.1 Å². The van der Waals surface area contributed by atoms with Crippen molar-refractivity contribution in [2.24, 2.45) is 0 Å². The average molecular weight is 293 g/mol. The highest BCUT2D eigenvalue weighted by atomic mass is 35.5. The largest absolute Gasteiger partial charge is 0.322 e. The van der Waals surface area contributed by atoms with E-state index < -0.39 is 0 Å². The fraction of sp³-hybridized carbons (Fsp3) is 0.438. The average Bonchev–Trinajstić information content (AvgIpc) is 2.44. The number of halogens is 1. The molecule has 1 fully saturated rings. The number of aryl methyl sites for hydroxylation is 1. The van der Waals surface area contributed by atoms with Crippen LogP contribution in [-0.4, -0.2) is 30.4 Å². The number of carbonyl (C=O) groups excluding carboxylic acids is 1. The van der Waals surface area contributed by atoms with Crippen molar-refractivity contribution in [3.63, 3.8) is 0 Å². The number of amides is 1. The van der Waals surface area contributed by atoms with Crippen LogP contribution in [0, 0.1) is 6.92 Å². The smallest absolute Gasteiger partial charge is 0.248 e. The van der Waals surface area contributed by atoms with Gasteiger partial charge < -0.3 is 5.32 Å². The maximum atomic E-state index is 11.9. The van der Waals surface area contributed by atoms with Gasteiger partial charge in [-0.15, -0.1) is 0 Å². The lowest BCUT2D eigenvalue weighted by molar-refractivity contribution is -0.111. The summed E-state index contributed by atoms with van der Waals surface area (Å²) in [5.41, 5.74) is 1.78. The second-order valence-corrected chi connectivity index (χ2v) is 5.65. The van der Waals surface area contributed by atoms with Crippen molar-refractivity contribution in [3.8, 4) is 0 Å². The topological polar surface area (TPSA) is 32.3 Å². The second-order valence-electron chi connectivity index (χ2n) is 5.21. The zero-order valence-corrected chi connectivity index (χ0v) is 12.6. The molecule has 1 aliphatic rings. The van der Waals surface area contributed by atoms with Gasteiger partial charge in [-0.1, -0.05) is 30.2 Å². The number of anilines is 1. The predicted octanol–water partition coefficient (Wildman–Crippen LogP) is 3.63. The molecule has 0 radical (unpaired) electrons. The summed E-state index contributed by atoms with van der Waals surface area (Å²) >= 11 is 5.93. The fourth-order valence-corrected chi connectivity index (χ4v) is 2.53. The SMILES string of the molecule is Cc1ccc(Cl)cc1NC(=O)C=CCN1CCCCC1. The van der Waals surface area contributed by atoms with Crippen LogP contribution in [-0.2, 0) is 4.79 Å². The van der Waals surface area contributed by atoms with Crippen molar-refractivity contribution in [3.05, 3.63) is 40.9 Å². The molecule has 1 heterocycles. The minimum Gasteiger partial charge on any atom is -0.322 e. The van der Waals surface area contributed by atoms with Crippen molar-refractivity contribution in [1.82, 2.24) is 4.90 Å². The van der Waals surface area contributed by atoms with Crippen LogP contribution in [0.25, 0.3) is 0 Å². The Balaban J connectivity index is 1.83. The quantitative estimate of drug-likeness (QED) is 0.860. The van der Waals surface area contributed by atoms with Crippen molar-refractivity contribution >= 4 is 23.2 Å². The number of nitrogens with one attached hydrogen (secondary N) is 1. The van der Waals surface area contributed by atoms with Crippen LogP contribution in [0.5, 0.6) is 0 Å². The van der Waals surface area contributed by atoms with Gasteiger partial charge in [0.2, 0.25) is 5.91 Å². The van der Waals surface area contributed by atoms with Gasteiger partial charge >= 0.3 is 0 Å². The van der Waals surface area contributed by atoms with Crippen molar-refractivity contribution in [2.45, 2.75) is 26.2 Å². The van der Waals surface area contributed by atoms with Crippen LogP contribution >= 0.6 is 11.6 Å². The molecule has 1 amide bonds. The van der Waals surface area contributed by atoms with E-state index in [9.17, 15) is 4.79 Å². The Morgan fingerprint density at radius 2 is 2.10 bits per heavy atom. The van der Waals surface area contributed by atoms with Gasteiger partial charge in [0.25, 0.3) is 0 Å². The minimum atomic E-state index is -0.104. The summed E-state index contributed by atoms with van der Waals surface area (Å²) in [6.07, 6.45) is 7.40. The predicted molar refractivity (Wildman–Crippen MR) is 84.2 cm³/mol. The van der Waals surface area contributed by atoms with E-state index >= 15 is 0 Å². The standard InChI is InChI=1S/C16H21ClN2O/c1-13-7-8-14(17)12-15(13)18-16(20)6-5-11-19-9-3-2-4-10-19/h5-8,12H,2-4,9-11H2,1H3,(H,18,20). The Morgan fingerprint density at radius 1 is 1.35 bits per heavy atom. The third kappa shape index (κ3) is 4.66. The van der Waals surface area contributed by atoms with Crippen LogP contribution in [0.2, 0.25) is 5.02 Å². The summed E-state index contributed by atoms with van der Waals surface area (Å²) in [6, 6.07) is 5.49. The highest BCUT2D eigenvalue weighted by Gasteiger charge is 2.08. The van der Waals surface area contributed by atoms with Crippen LogP contribution in [0.3, 0.4) is 0 Å². The Bertz CT molecular complexity index is 493. The van der Waals surface area contributed by atoms with Crippen LogP contribution in [0.1, 0.15) is 24.8 Å². The number of rotatable bonds is 4. The third-order valence-corrected chi connectivity index (χ3v) is 3.77. The van der Waals surface area contributed by atoms with Gasteiger partial charge in [-0.2, -0.15) is 0 Å². The van der Waals surface area contributed by atoms with E-state index in [0.29, 0.717) is 5.02 Å². The first-order chi connectivity index (χ1) is 9.65. The van der Waals surface area contributed by atoms with Gasteiger partial charge in [0.1, 0.15) is 0 Å². The van der Waals surface area contributed by atoms with E-state index in [-0.39, 0.29) is 5.91 Å². The maximum Gasteiger partial charge on any atom is 0.248 e. The molecule has 0 bridgehead atoms. The first-order valence-corrected chi connectivity index (χ1v) is 7.49. The highest BCUT2D eigenvalue weighted by Crippen LogP contribution is 2.20. The molecule has 20 heavy (non-hydrogen) atoms. The molecule has 3 nitrogen and oxygen atoms in total. The fourth-order valence-electron chi connectivity index (χ4n) is 2.35. The zero-order valence-electron chi connectivity index (χ0n) is 11.9. The molecule has 0 unspecified atom stereocenters. The summed E-state index contributed by atoms with van der Waals surface area (Å²) in [7, 11) is 0. The molecule has 0 aliphatic carbocycles. The number of hydrogen-bond donors (Lipinski definition) is 1. The molecule has 108 valence electrons. The molecule has 1 N–H and O–H groups in total. The molecular formula is C16H21ClN2O. The summed E-state index contributed by atoms with van der Waals surface area (Å²) in [5.74, 6) is -0.104. The summed E-state index contributed by atoms with van der Waals surface area (Å²) < 4.78 is 0. The van der Waals surface area contributed by atoms with Gasteiger partial charge in [0.05, 0.1) is 0 Å². The molecule has 1 aromatic rings. The normalized spacial score (nSPS) is 16.5. The van der Waals surface area contributed by atoms with E-state index in [1.807, 2.05) is 25.1 Å². The zero-order chi connectivity index (χ0) is 14.4. The maximum absolute atomic E-state index is 11.9. The molecule has 0 saturated carbocycles. The van der Waals surface area contributed by atoms with Gasteiger partial charge in [-0.25, -0.2) is 0 Å². The lowest BCUT2D eigenvalue weighted by atomic mass is 10.1. The summed E-state index contributed by atoms with van der Waals surface area (Å²) in [4.78, 5) is 14.2. The van der Waals surface area contributed by atoms with Gasteiger partial charge in [-0.3, -0.25) is 9.69 Å².